The van der Waals surface area contributed by atoms with Gasteiger partial charge in [0.25, 0.3) is 23.2 Å². The van der Waals surface area contributed by atoms with Crippen LogP contribution in [0.2, 0.25) is 0 Å². The fourth-order valence-corrected chi connectivity index (χ4v) is 8.99. The Kier molecular flexibility index (Phi) is 22.9. The lowest BCUT2D eigenvalue weighted by Crippen LogP contribution is -2.51. The van der Waals surface area contributed by atoms with E-state index in [1.807, 2.05) is 9.80 Å². The van der Waals surface area contributed by atoms with Gasteiger partial charge in [-0.3, -0.25) is 29.8 Å². The summed E-state index contributed by atoms with van der Waals surface area (Å²) >= 11 is 0. The van der Waals surface area contributed by atoms with E-state index >= 15 is 0 Å². The summed E-state index contributed by atoms with van der Waals surface area (Å²) in [4.78, 5) is 139. The molecule has 0 spiro atoms. The lowest BCUT2D eigenvalue weighted by molar-refractivity contribution is -0.385. The molecule has 4 aromatic rings. The van der Waals surface area contributed by atoms with Gasteiger partial charge >= 0.3 is 30.5 Å². The standard InChI is InChI=1S/C59H72N14O19/c1-56(2,3)89-51(76)70(52(77)90-57(4,5)6)85-35-49(74)68-25-21-66(22-26-68)45-31-37(13-17-43(45)62-64-60)29-39-33-41(72(81)82)15-19-47(39)87-55(80)88-48-20-16-42(73(83)84)34-40(48)30-38-14-18-44(63-65-61)46(32-38)67-23-27-69(28-24-67)50(75)36-86-71(53(78)91-58(7,8)9)54(79)92-59(10,11)12/h13-20,31-34H,21-30,35-36H2,1-12H3. The van der Waals surface area contributed by atoms with Crippen LogP contribution in [-0.4, -0.2) is 160 Å². The Hall–Kier alpha value is -10.5. The second-order valence-corrected chi connectivity index (χ2v) is 24.7. The maximum atomic E-state index is 13.8. The van der Waals surface area contributed by atoms with Gasteiger partial charge in [-0.1, -0.05) is 44.6 Å². The van der Waals surface area contributed by atoms with E-state index < -0.39 is 87.8 Å². The third-order valence-electron chi connectivity index (χ3n) is 12.9. The Labute approximate surface area is 527 Å². The van der Waals surface area contributed by atoms with Gasteiger partial charge in [0.1, 0.15) is 33.9 Å². The van der Waals surface area contributed by atoms with Gasteiger partial charge in [0, 0.05) is 122 Å². The number of nitro benzene ring substituents is 2. The molecule has 0 radical (unpaired) electrons. The molecule has 4 aromatic carbocycles. The minimum atomic E-state index is -1.32. The highest BCUT2D eigenvalue weighted by atomic mass is 16.8. The van der Waals surface area contributed by atoms with E-state index in [0.29, 0.717) is 22.5 Å². The van der Waals surface area contributed by atoms with Crippen molar-refractivity contribution in [2.45, 2.75) is 118 Å². The predicted molar refractivity (Wildman–Crippen MR) is 327 cm³/mol. The van der Waals surface area contributed by atoms with E-state index in [0.717, 1.165) is 12.1 Å². The molecule has 0 bridgehead atoms. The number of anilines is 2. The molecule has 2 saturated heterocycles. The van der Waals surface area contributed by atoms with Crippen molar-refractivity contribution in [1.82, 2.24) is 19.9 Å². The lowest BCUT2D eigenvalue weighted by Gasteiger charge is -2.37. The predicted octanol–water partition coefficient (Wildman–Crippen LogP) is 11.7. The highest BCUT2D eigenvalue weighted by molar-refractivity contribution is 5.88. The smallest absolute Gasteiger partial charge is 0.442 e. The summed E-state index contributed by atoms with van der Waals surface area (Å²) in [5.74, 6) is -1.48. The van der Waals surface area contributed by atoms with Crippen LogP contribution < -0.4 is 19.3 Å². The number of benzene rings is 4. The van der Waals surface area contributed by atoms with Crippen LogP contribution in [0.15, 0.2) is 83.0 Å². The fourth-order valence-electron chi connectivity index (χ4n) is 8.99. The zero-order chi connectivity index (χ0) is 68.0. The van der Waals surface area contributed by atoms with Gasteiger partial charge < -0.3 is 48.0 Å². The largest absolute Gasteiger partial charge is 0.519 e. The van der Waals surface area contributed by atoms with Gasteiger partial charge in [-0.15, -0.1) is 0 Å². The number of carbonyl (C=O) groups excluding carboxylic acids is 7. The summed E-state index contributed by atoms with van der Waals surface area (Å²) in [6, 6.07) is 16.6. The van der Waals surface area contributed by atoms with E-state index in [9.17, 15) is 64.9 Å². The molecule has 0 saturated carbocycles. The number of nitrogens with zero attached hydrogens (tertiary/aromatic N) is 14. The van der Waals surface area contributed by atoms with Crippen molar-refractivity contribution in [2.24, 2.45) is 10.2 Å². The first-order chi connectivity index (χ1) is 43.0. The van der Waals surface area contributed by atoms with Crippen LogP contribution in [0.25, 0.3) is 20.9 Å². The molecule has 0 aliphatic carbocycles. The normalized spacial score (nSPS) is 13.5. The number of imide groups is 2. The monoisotopic (exact) mass is 1280 g/mol. The number of hydroxylamine groups is 4. The van der Waals surface area contributed by atoms with Crippen LogP contribution in [-0.2, 0) is 51.1 Å². The van der Waals surface area contributed by atoms with E-state index in [4.69, 9.17) is 38.1 Å². The molecule has 33 nitrogen and oxygen atoms in total. The Morgan fingerprint density at radius 1 is 0.489 bits per heavy atom. The second-order valence-electron chi connectivity index (χ2n) is 24.7. The highest BCUT2D eigenvalue weighted by Gasteiger charge is 2.37. The number of carbonyl (C=O) groups is 7. The maximum Gasteiger partial charge on any atom is 0.519 e. The molecular weight excluding hydrogens is 1210 g/mol. The molecule has 2 heterocycles. The zero-order valence-electron chi connectivity index (χ0n) is 52.9. The molecule has 6 rings (SSSR count). The van der Waals surface area contributed by atoms with Crippen molar-refractivity contribution in [1.29, 1.82) is 0 Å². The van der Waals surface area contributed by atoms with Crippen molar-refractivity contribution < 1.29 is 81.5 Å². The minimum absolute atomic E-state index is 0.101. The summed E-state index contributed by atoms with van der Waals surface area (Å²) in [6.45, 7) is 18.7. The number of nitro groups is 2. The van der Waals surface area contributed by atoms with Crippen molar-refractivity contribution in [3.05, 3.63) is 136 Å². The quantitative estimate of drug-likeness (QED) is 0.0130. The number of amides is 6. The van der Waals surface area contributed by atoms with E-state index in [1.54, 1.807) is 107 Å². The number of piperazine rings is 2. The molecule has 2 aliphatic rings. The SMILES string of the molecule is CC(C)(C)OC(=O)N(OCC(=O)N1CCN(c2cc(Cc3cc([N+](=O)[O-])ccc3OC(=O)Oc3ccc([N+](=O)[O-])cc3Cc3ccc(N=[N+]=[N-])c(N4CCN(C(=O)CON(C(=O)OC(C)(C)C)C(=O)OC(C)(C)C)CC4)c3)ccc2N=[N+]=[N-])CC1)C(=O)OC(C)(C)C. The van der Waals surface area contributed by atoms with Gasteiger partial charge in [-0.2, -0.15) is 0 Å². The fraction of sp³-hybridized carbons (Fsp3) is 0.475. The van der Waals surface area contributed by atoms with E-state index in [2.05, 4.69) is 20.1 Å². The zero-order valence-corrected chi connectivity index (χ0v) is 52.9. The molecule has 2 fully saturated rings. The lowest BCUT2D eigenvalue weighted by atomic mass is 10.0. The Morgan fingerprint density at radius 2 is 0.804 bits per heavy atom. The van der Waals surface area contributed by atoms with Crippen molar-refractivity contribution in [3.8, 4) is 11.5 Å². The van der Waals surface area contributed by atoms with E-state index in [-0.39, 0.29) is 121 Å². The molecule has 0 aromatic heterocycles. The number of ether oxygens (including phenoxy) is 6. The van der Waals surface area contributed by atoms with Gasteiger partial charge in [0.15, 0.2) is 13.2 Å². The topological polar surface area (TPSA) is 397 Å². The average molecular weight is 1280 g/mol. The van der Waals surface area contributed by atoms with E-state index in [1.165, 1.54) is 46.2 Å². The summed E-state index contributed by atoms with van der Waals surface area (Å²) < 4.78 is 32.6. The third kappa shape index (κ3) is 20.8. The van der Waals surface area contributed by atoms with Crippen LogP contribution in [0, 0.1) is 20.2 Å². The van der Waals surface area contributed by atoms with Crippen LogP contribution in [0.3, 0.4) is 0 Å². The molecule has 0 N–H and O–H groups in total. The summed E-state index contributed by atoms with van der Waals surface area (Å²) in [5.41, 5.74) is 16.7. The molecule has 2 aliphatic heterocycles. The van der Waals surface area contributed by atoms with Crippen molar-refractivity contribution in [3.63, 3.8) is 0 Å². The van der Waals surface area contributed by atoms with Gasteiger partial charge in [0.05, 0.1) is 21.2 Å². The Balaban J connectivity index is 1.16. The van der Waals surface area contributed by atoms with Gasteiger partial charge in [-0.05, 0) is 130 Å². The highest BCUT2D eigenvalue weighted by Crippen LogP contribution is 2.37. The van der Waals surface area contributed by atoms with Crippen LogP contribution in [0.5, 0.6) is 11.5 Å². The van der Waals surface area contributed by atoms with Crippen molar-refractivity contribution in [2.75, 3.05) is 75.4 Å². The van der Waals surface area contributed by atoms with Crippen molar-refractivity contribution >= 4 is 76.5 Å². The van der Waals surface area contributed by atoms with Crippen LogP contribution in [0.1, 0.15) is 105 Å². The molecule has 6 amide bonds. The first kappa shape index (κ1) is 70.6. The number of hydrogen-bond donors (Lipinski definition) is 0. The molecule has 0 atom stereocenters. The van der Waals surface area contributed by atoms with Gasteiger partial charge in [-0.25, -0.2) is 33.6 Å². The van der Waals surface area contributed by atoms with Gasteiger partial charge in [0.2, 0.25) is 0 Å². The number of rotatable bonds is 18. The summed E-state index contributed by atoms with van der Waals surface area (Å²) in [5, 5.41) is 32.4. The third-order valence-corrected chi connectivity index (χ3v) is 12.9. The maximum absolute atomic E-state index is 13.8. The van der Waals surface area contributed by atoms with Crippen LogP contribution in [0.4, 0.5) is 58.1 Å². The molecule has 492 valence electrons. The first-order valence-electron chi connectivity index (χ1n) is 28.6. The average Bonchev–Trinajstić information content (AvgIpc) is 0.919. The molecule has 92 heavy (non-hydrogen) atoms. The number of azide groups is 2. The summed E-state index contributed by atoms with van der Waals surface area (Å²) in [7, 11) is 0. The number of hydrogen-bond acceptors (Lipinski definition) is 23. The summed E-state index contributed by atoms with van der Waals surface area (Å²) in [6.07, 6.45) is -6.30. The molecule has 0 unspecified atom stereocenters. The minimum Gasteiger partial charge on any atom is -0.442 e. The Morgan fingerprint density at radius 3 is 1.09 bits per heavy atom. The molecule has 33 heteroatoms. The second kappa shape index (κ2) is 29.9. The van der Waals surface area contributed by atoms with Crippen LogP contribution >= 0.6 is 0 Å². The number of non-ortho nitro benzene ring substituents is 2. The molecular formula is C59H72N14O19. The first-order valence-corrected chi connectivity index (χ1v) is 28.6. The Bertz CT molecular complexity index is 3280.